The fraction of sp³-hybridized carbons (Fsp3) is 0.846. The van der Waals surface area contributed by atoms with Gasteiger partial charge in [0.25, 0.3) is 0 Å². The van der Waals surface area contributed by atoms with Crippen LogP contribution < -0.4 is 0 Å². The molecule has 8 heteroatoms. The average Bonchev–Trinajstić information content (AvgIpc) is 2.72. The second-order valence-corrected chi connectivity index (χ2v) is 7.19. The van der Waals surface area contributed by atoms with E-state index in [1.807, 2.05) is 0 Å². The molecule has 1 aromatic rings. The smallest absolute Gasteiger partial charge is 0.377 e. The fourth-order valence-corrected chi connectivity index (χ4v) is 3.34. The van der Waals surface area contributed by atoms with Crippen molar-refractivity contribution in [1.82, 2.24) is 15.0 Å². The summed E-state index contributed by atoms with van der Waals surface area (Å²) in [6.07, 6.45) is -2.27. The molecule has 120 valence electrons. The van der Waals surface area contributed by atoms with Crippen molar-refractivity contribution < 1.29 is 17.9 Å². The zero-order valence-electron chi connectivity index (χ0n) is 12.4. The van der Waals surface area contributed by atoms with E-state index in [1.165, 1.54) is 18.8 Å². The molecule has 1 aliphatic rings. The first-order chi connectivity index (χ1) is 9.69. The third-order valence-electron chi connectivity index (χ3n) is 3.56. The minimum atomic E-state index is -4.42. The van der Waals surface area contributed by atoms with E-state index in [0.29, 0.717) is 12.4 Å². The van der Waals surface area contributed by atoms with Crippen LogP contribution >= 0.6 is 11.8 Å². The van der Waals surface area contributed by atoms with Crippen molar-refractivity contribution in [2.45, 2.75) is 44.7 Å². The largest absolute Gasteiger partial charge is 0.434 e. The molecule has 1 unspecified atom stereocenters. The summed E-state index contributed by atoms with van der Waals surface area (Å²) in [5.74, 6) is 0.885. The minimum Gasteiger partial charge on any atom is -0.377 e. The minimum absolute atomic E-state index is 0.00820. The predicted octanol–water partition coefficient (Wildman–Crippen LogP) is 3.27. The Morgan fingerprint density at radius 2 is 2.14 bits per heavy atom. The summed E-state index contributed by atoms with van der Waals surface area (Å²) in [5, 5.41) is 7.09. The molecule has 1 aromatic heterocycles. The van der Waals surface area contributed by atoms with Crippen LogP contribution in [-0.2, 0) is 23.7 Å². The van der Waals surface area contributed by atoms with Crippen molar-refractivity contribution in [2.24, 2.45) is 12.5 Å². The third-order valence-corrected chi connectivity index (χ3v) is 4.65. The maximum atomic E-state index is 12.9. The number of hydrogen-bond acceptors (Lipinski definition) is 4. The lowest BCUT2D eigenvalue weighted by Gasteiger charge is -2.34. The molecule has 0 saturated carbocycles. The summed E-state index contributed by atoms with van der Waals surface area (Å²) in [6.45, 7) is 5.02. The van der Waals surface area contributed by atoms with E-state index in [-0.39, 0.29) is 23.0 Å². The van der Waals surface area contributed by atoms with E-state index in [1.54, 1.807) is 0 Å². The monoisotopic (exact) mass is 323 g/mol. The SMILES string of the molecule is Cn1nnc(CSCC2CCC(C)(C)CO2)c1C(F)(F)F. The number of rotatable bonds is 4. The maximum absolute atomic E-state index is 12.9. The summed E-state index contributed by atoms with van der Waals surface area (Å²) in [4.78, 5) is 0. The molecule has 21 heavy (non-hydrogen) atoms. The Kier molecular flexibility index (Phi) is 4.87. The molecule has 0 radical (unpaired) electrons. The van der Waals surface area contributed by atoms with Crippen LogP contribution in [0.3, 0.4) is 0 Å². The normalized spacial score (nSPS) is 22.5. The van der Waals surface area contributed by atoms with Crippen molar-refractivity contribution in [1.29, 1.82) is 0 Å². The first kappa shape index (κ1) is 16.6. The van der Waals surface area contributed by atoms with Crippen LogP contribution in [0, 0.1) is 5.41 Å². The molecule has 1 saturated heterocycles. The Labute approximate surface area is 126 Å². The van der Waals surface area contributed by atoms with Gasteiger partial charge in [0.1, 0.15) is 5.69 Å². The van der Waals surface area contributed by atoms with Crippen LogP contribution in [0.15, 0.2) is 0 Å². The molecular formula is C13H20F3N3OS. The molecule has 4 nitrogen and oxygen atoms in total. The summed E-state index contributed by atoms with van der Waals surface area (Å²) in [7, 11) is 1.26. The highest BCUT2D eigenvalue weighted by Gasteiger charge is 2.38. The van der Waals surface area contributed by atoms with E-state index < -0.39 is 11.9 Å². The van der Waals surface area contributed by atoms with E-state index in [4.69, 9.17) is 4.74 Å². The van der Waals surface area contributed by atoms with Gasteiger partial charge in [0.2, 0.25) is 0 Å². The second-order valence-electron chi connectivity index (χ2n) is 6.16. The lowest BCUT2D eigenvalue weighted by atomic mass is 9.86. The molecule has 0 N–H and O–H groups in total. The quantitative estimate of drug-likeness (QED) is 0.852. The van der Waals surface area contributed by atoms with Gasteiger partial charge in [-0.3, -0.25) is 0 Å². The number of thioether (sulfide) groups is 1. The van der Waals surface area contributed by atoms with E-state index >= 15 is 0 Å². The standard InChI is InChI=1S/C13H20F3N3OS/c1-12(2)5-4-9(20-8-12)6-21-7-10-11(13(14,15)16)19(3)18-17-10/h9H,4-8H2,1-3H3. The van der Waals surface area contributed by atoms with E-state index in [9.17, 15) is 13.2 Å². The molecule has 2 rings (SSSR count). The fourth-order valence-electron chi connectivity index (χ4n) is 2.31. The van der Waals surface area contributed by atoms with Gasteiger partial charge in [-0.05, 0) is 18.3 Å². The Bertz CT molecular complexity index is 477. The first-order valence-corrected chi connectivity index (χ1v) is 7.99. The number of alkyl halides is 3. The van der Waals surface area contributed by atoms with Gasteiger partial charge >= 0.3 is 6.18 Å². The van der Waals surface area contributed by atoms with Gasteiger partial charge in [0.05, 0.1) is 12.7 Å². The van der Waals surface area contributed by atoms with Crippen LogP contribution in [-0.4, -0.2) is 33.5 Å². The van der Waals surface area contributed by atoms with Gasteiger partial charge in [-0.15, -0.1) is 5.10 Å². The van der Waals surface area contributed by atoms with Crippen LogP contribution in [0.5, 0.6) is 0 Å². The first-order valence-electron chi connectivity index (χ1n) is 6.84. The average molecular weight is 323 g/mol. The molecule has 1 fully saturated rings. The third kappa shape index (κ3) is 4.35. The predicted molar refractivity (Wildman–Crippen MR) is 74.9 cm³/mol. The van der Waals surface area contributed by atoms with Gasteiger partial charge in [0, 0.05) is 18.6 Å². The van der Waals surface area contributed by atoms with E-state index in [2.05, 4.69) is 24.2 Å². The molecule has 0 aromatic carbocycles. The zero-order valence-corrected chi connectivity index (χ0v) is 13.2. The molecular weight excluding hydrogens is 303 g/mol. The zero-order chi connectivity index (χ0) is 15.7. The van der Waals surface area contributed by atoms with Crippen molar-refractivity contribution in [3.05, 3.63) is 11.4 Å². The Morgan fingerprint density at radius 1 is 1.43 bits per heavy atom. The maximum Gasteiger partial charge on any atom is 0.434 e. The van der Waals surface area contributed by atoms with Gasteiger partial charge in [-0.25, -0.2) is 4.68 Å². The van der Waals surface area contributed by atoms with E-state index in [0.717, 1.165) is 17.5 Å². The molecule has 0 aliphatic carbocycles. The van der Waals surface area contributed by atoms with Crippen LogP contribution in [0.4, 0.5) is 13.2 Å². The lowest BCUT2D eigenvalue weighted by Crippen LogP contribution is -2.32. The number of aromatic nitrogens is 3. The summed E-state index contributed by atoms with van der Waals surface area (Å²) in [6, 6.07) is 0. The number of hydrogen-bond donors (Lipinski definition) is 0. The number of ether oxygens (including phenoxy) is 1. The highest BCUT2D eigenvalue weighted by molar-refractivity contribution is 7.98. The second kappa shape index (κ2) is 6.16. The Balaban J connectivity index is 1.85. The van der Waals surface area contributed by atoms with Gasteiger partial charge < -0.3 is 4.74 Å². The number of aryl methyl sites for hydroxylation is 1. The van der Waals surface area contributed by atoms with Gasteiger partial charge in [-0.1, -0.05) is 19.1 Å². The Morgan fingerprint density at radius 3 is 2.71 bits per heavy atom. The molecule has 0 spiro atoms. The van der Waals surface area contributed by atoms with Crippen LogP contribution in [0.2, 0.25) is 0 Å². The summed E-state index contributed by atoms with van der Waals surface area (Å²) in [5.41, 5.74) is -0.568. The van der Waals surface area contributed by atoms with Crippen LogP contribution in [0.1, 0.15) is 38.1 Å². The highest BCUT2D eigenvalue weighted by atomic mass is 32.2. The molecule has 1 aliphatic heterocycles. The van der Waals surface area contributed by atoms with Gasteiger partial charge in [-0.2, -0.15) is 24.9 Å². The number of halogens is 3. The molecule has 0 bridgehead atoms. The Hall–Kier alpha value is -0.760. The van der Waals surface area contributed by atoms with Crippen molar-refractivity contribution in [3.63, 3.8) is 0 Å². The molecule has 0 amide bonds. The lowest BCUT2D eigenvalue weighted by molar-refractivity contribution is -0.144. The van der Waals surface area contributed by atoms with Crippen molar-refractivity contribution >= 4 is 11.8 Å². The topological polar surface area (TPSA) is 39.9 Å². The van der Waals surface area contributed by atoms with Gasteiger partial charge in [0.15, 0.2) is 5.69 Å². The van der Waals surface area contributed by atoms with Crippen molar-refractivity contribution in [3.8, 4) is 0 Å². The highest BCUT2D eigenvalue weighted by Crippen LogP contribution is 2.34. The molecule has 2 heterocycles. The summed E-state index contributed by atoms with van der Waals surface area (Å²) >= 11 is 1.42. The molecule has 1 atom stereocenters. The van der Waals surface area contributed by atoms with Crippen LogP contribution in [0.25, 0.3) is 0 Å². The number of nitrogens with zero attached hydrogens (tertiary/aromatic N) is 3. The summed E-state index contributed by atoms with van der Waals surface area (Å²) < 4.78 is 45.2. The van der Waals surface area contributed by atoms with Crippen molar-refractivity contribution in [2.75, 3.05) is 12.4 Å².